The first kappa shape index (κ1) is 10.6. The zero-order chi connectivity index (χ0) is 11.2. The normalized spacial score (nSPS) is 18.3. The van der Waals surface area contributed by atoms with Gasteiger partial charge in [-0.25, -0.2) is 0 Å². The molecule has 0 saturated heterocycles. The summed E-state index contributed by atoms with van der Waals surface area (Å²) >= 11 is 6.10. The molecule has 0 atom stereocenters. The van der Waals surface area contributed by atoms with E-state index in [9.17, 15) is 0 Å². The van der Waals surface area contributed by atoms with Crippen molar-refractivity contribution in [1.29, 1.82) is 0 Å². The van der Waals surface area contributed by atoms with Gasteiger partial charge in [-0.05, 0) is 38.5 Å². The van der Waals surface area contributed by atoms with Crippen LogP contribution in [-0.2, 0) is 0 Å². The number of fused-ring (bicyclic) bond motifs is 1. The molecule has 0 saturated carbocycles. The molecule has 15 heavy (non-hydrogen) atoms. The summed E-state index contributed by atoms with van der Waals surface area (Å²) < 4.78 is 5.93. The van der Waals surface area contributed by atoms with Crippen LogP contribution in [0.1, 0.15) is 19.4 Å². The molecule has 1 heterocycles. The smallest absolute Gasteiger partial charge is 0.143 e. The summed E-state index contributed by atoms with van der Waals surface area (Å²) in [6.45, 7) is 7.06. The number of anilines is 1. The molecule has 1 aromatic rings. The molecule has 0 N–H and O–H groups in total. The molecular weight excluding hydrogens is 210 g/mol. The average molecular weight is 226 g/mol. The number of hydrogen-bond acceptors (Lipinski definition) is 2. The Labute approximate surface area is 95.8 Å². The van der Waals surface area contributed by atoms with Crippen LogP contribution in [0.3, 0.4) is 0 Å². The van der Waals surface area contributed by atoms with E-state index >= 15 is 0 Å². The topological polar surface area (TPSA) is 12.5 Å². The first-order valence-electron chi connectivity index (χ1n) is 5.09. The fraction of sp³-hybridized carbons (Fsp3) is 0.500. The molecule has 0 aromatic heterocycles. The van der Waals surface area contributed by atoms with Gasteiger partial charge in [0.2, 0.25) is 0 Å². The van der Waals surface area contributed by atoms with Crippen LogP contribution >= 0.6 is 11.6 Å². The molecule has 0 aliphatic carbocycles. The van der Waals surface area contributed by atoms with Crippen LogP contribution < -0.4 is 9.64 Å². The summed E-state index contributed by atoms with van der Waals surface area (Å²) in [5, 5.41) is 0.795. The number of likely N-dealkylation sites (N-methyl/N-ethyl adjacent to an activating group) is 1. The number of halogens is 1. The van der Waals surface area contributed by atoms with Crippen LogP contribution in [0.5, 0.6) is 5.75 Å². The van der Waals surface area contributed by atoms with Crippen molar-refractivity contribution in [3.05, 3.63) is 22.7 Å². The summed E-state index contributed by atoms with van der Waals surface area (Å²) in [6, 6.07) is 3.98. The van der Waals surface area contributed by atoms with Crippen molar-refractivity contribution in [2.24, 2.45) is 0 Å². The van der Waals surface area contributed by atoms with Gasteiger partial charge in [0.05, 0.1) is 12.2 Å². The highest BCUT2D eigenvalue weighted by molar-refractivity contribution is 6.31. The van der Waals surface area contributed by atoms with Crippen molar-refractivity contribution in [1.82, 2.24) is 0 Å². The van der Waals surface area contributed by atoms with Crippen LogP contribution in [-0.4, -0.2) is 19.2 Å². The van der Waals surface area contributed by atoms with E-state index in [1.807, 2.05) is 19.1 Å². The molecule has 0 spiro atoms. The van der Waals surface area contributed by atoms with E-state index in [2.05, 4.69) is 25.8 Å². The van der Waals surface area contributed by atoms with Gasteiger partial charge in [0.1, 0.15) is 11.4 Å². The lowest BCUT2D eigenvalue weighted by atomic mass is 10.0. The SMILES string of the molecule is Cc1cc2c(cc1Cl)N(C)CC(C)(C)O2. The predicted molar refractivity (Wildman–Crippen MR) is 64.2 cm³/mol. The molecule has 3 heteroatoms. The van der Waals surface area contributed by atoms with E-state index in [0.29, 0.717) is 0 Å². The maximum absolute atomic E-state index is 6.10. The highest BCUT2D eigenvalue weighted by Crippen LogP contribution is 2.39. The average Bonchev–Trinajstić information content (AvgIpc) is 2.07. The Kier molecular flexibility index (Phi) is 2.34. The number of hydrogen-bond donors (Lipinski definition) is 0. The second-order valence-electron chi connectivity index (χ2n) is 4.79. The number of benzene rings is 1. The molecule has 0 fully saturated rings. The zero-order valence-electron chi connectivity index (χ0n) is 9.60. The zero-order valence-corrected chi connectivity index (χ0v) is 10.4. The predicted octanol–water partition coefficient (Wildman–Crippen LogP) is 3.26. The Morgan fingerprint density at radius 2 is 2.07 bits per heavy atom. The van der Waals surface area contributed by atoms with E-state index in [4.69, 9.17) is 16.3 Å². The van der Waals surface area contributed by atoms with Gasteiger partial charge in [-0.1, -0.05) is 11.6 Å². The summed E-state index contributed by atoms with van der Waals surface area (Å²) in [4.78, 5) is 2.18. The molecule has 0 radical (unpaired) electrons. The van der Waals surface area contributed by atoms with Gasteiger partial charge in [-0.15, -0.1) is 0 Å². The summed E-state index contributed by atoms with van der Waals surface area (Å²) in [5.74, 6) is 0.927. The van der Waals surface area contributed by atoms with E-state index in [0.717, 1.165) is 28.6 Å². The first-order valence-corrected chi connectivity index (χ1v) is 5.47. The van der Waals surface area contributed by atoms with Crippen molar-refractivity contribution < 1.29 is 4.74 Å². The minimum absolute atomic E-state index is 0.137. The standard InChI is InChI=1S/C12H16ClNO/c1-8-5-11-10(6-9(8)13)14(4)7-12(2,3)15-11/h5-6H,7H2,1-4H3. The lowest BCUT2D eigenvalue weighted by Crippen LogP contribution is -2.45. The van der Waals surface area contributed by atoms with E-state index in [1.54, 1.807) is 0 Å². The van der Waals surface area contributed by atoms with Gasteiger partial charge in [0, 0.05) is 12.1 Å². The minimum Gasteiger partial charge on any atom is -0.484 e. The van der Waals surface area contributed by atoms with E-state index < -0.39 is 0 Å². The Bertz CT molecular complexity index is 401. The molecule has 1 aliphatic rings. The quantitative estimate of drug-likeness (QED) is 0.672. The van der Waals surface area contributed by atoms with Crippen molar-refractivity contribution >= 4 is 17.3 Å². The van der Waals surface area contributed by atoms with Crippen LogP contribution in [0, 0.1) is 6.92 Å². The second-order valence-corrected chi connectivity index (χ2v) is 5.19. The number of aryl methyl sites for hydroxylation is 1. The van der Waals surface area contributed by atoms with Crippen LogP contribution in [0.25, 0.3) is 0 Å². The van der Waals surface area contributed by atoms with Crippen molar-refractivity contribution in [2.45, 2.75) is 26.4 Å². The molecular formula is C12H16ClNO. The monoisotopic (exact) mass is 225 g/mol. The van der Waals surface area contributed by atoms with Gasteiger partial charge in [-0.2, -0.15) is 0 Å². The van der Waals surface area contributed by atoms with Gasteiger partial charge >= 0.3 is 0 Å². The lowest BCUT2D eigenvalue weighted by Gasteiger charge is -2.39. The third kappa shape index (κ3) is 1.91. The van der Waals surface area contributed by atoms with Crippen LogP contribution in [0.2, 0.25) is 5.02 Å². The third-order valence-corrected chi connectivity index (χ3v) is 3.06. The van der Waals surface area contributed by atoms with Crippen molar-refractivity contribution in [2.75, 3.05) is 18.5 Å². The maximum Gasteiger partial charge on any atom is 0.143 e. The molecule has 0 bridgehead atoms. The number of nitrogens with zero attached hydrogens (tertiary/aromatic N) is 1. The maximum atomic E-state index is 6.10. The highest BCUT2D eigenvalue weighted by atomic mass is 35.5. The Hall–Kier alpha value is -0.890. The van der Waals surface area contributed by atoms with Gasteiger partial charge in [-0.3, -0.25) is 0 Å². The molecule has 0 unspecified atom stereocenters. The van der Waals surface area contributed by atoms with Crippen LogP contribution in [0.4, 0.5) is 5.69 Å². The highest BCUT2D eigenvalue weighted by Gasteiger charge is 2.30. The van der Waals surface area contributed by atoms with Crippen LogP contribution in [0.15, 0.2) is 12.1 Å². The Balaban J connectivity index is 2.51. The molecule has 2 nitrogen and oxygen atoms in total. The number of rotatable bonds is 0. The fourth-order valence-corrected chi connectivity index (χ4v) is 2.17. The first-order chi connectivity index (χ1) is 6.89. The van der Waals surface area contributed by atoms with Gasteiger partial charge in [0.25, 0.3) is 0 Å². The Morgan fingerprint density at radius 1 is 1.40 bits per heavy atom. The molecule has 1 aromatic carbocycles. The van der Waals surface area contributed by atoms with Gasteiger partial charge < -0.3 is 9.64 Å². The van der Waals surface area contributed by atoms with Crippen molar-refractivity contribution in [3.8, 4) is 5.75 Å². The lowest BCUT2D eigenvalue weighted by molar-refractivity contribution is 0.107. The van der Waals surface area contributed by atoms with Crippen molar-refractivity contribution in [3.63, 3.8) is 0 Å². The van der Waals surface area contributed by atoms with Gasteiger partial charge in [0.15, 0.2) is 0 Å². The Morgan fingerprint density at radius 3 is 2.73 bits per heavy atom. The third-order valence-electron chi connectivity index (χ3n) is 2.66. The largest absolute Gasteiger partial charge is 0.484 e. The summed E-state index contributed by atoms with van der Waals surface area (Å²) in [5.41, 5.74) is 1.99. The molecule has 2 rings (SSSR count). The number of ether oxygens (including phenoxy) is 1. The van der Waals surface area contributed by atoms with E-state index in [-0.39, 0.29) is 5.60 Å². The molecule has 0 amide bonds. The minimum atomic E-state index is -0.137. The second kappa shape index (κ2) is 3.31. The summed E-state index contributed by atoms with van der Waals surface area (Å²) in [7, 11) is 2.06. The molecule has 1 aliphatic heterocycles. The summed E-state index contributed by atoms with van der Waals surface area (Å²) in [6.07, 6.45) is 0. The molecule has 82 valence electrons. The fourth-order valence-electron chi connectivity index (χ4n) is 2.01. The van der Waals surface area contributed by atoms with E-state index in [1.165, 1.54) is 0 Å².